The van der Waals surface area contributed by atoms with Gasteiger partial charge in [-0.05, 0) is 42.6 Å². The molecule has 3 N–H and O–H groups in total. The van der Waals surface area contributed by atoms with Crippen LogP contribution < -0.4 is 11.1 Å². The van der Waals surface area contributed by atoms with Gasteiger partial charge in [0.15, 0.2) is 6.10 Å². The molecule has 1 unspecified atom stereocenters. The van der Waals surface area contributed by atoms with Crippen molar-refractivity contribution in [1.29, 1.82) is 0 Å². The molecule has 2 aromatic heterocycles. The van der Waals surface area contributed by atoms with E-state index in [4.69, 9.17) is 15.0 Å². The lowest BCUT2D eigenvalue weighted by Gasteiger charge is -2.13. The Hall–Kier alpha value is -3.60. The summed E-state index contributed by atoms with van der Waals surface area (Å²) in [6, 6.07) is 7.06. The third-order valence-corrected chi connectivity index (χ3v) is 4.79. The topological polar surface area (TPSA) is 137 Å². The molecule has 2 heterocycles. The average molecular weight is 432 g/mol. The Morgan fingerprint density at radius 2 is 2.00 bits per heavy atom. The highest BCUT2D eigenvalue weighted by molar-refractivity contribution is 7.14. The zero-order valence-corrected chi connectivity index (χ0v) is 16.6. The summed E-state index contributed by atoms with van der Waals surface area (Å²) in [6.07, 6.45) is -1.07. The van der Waals surface area contributed by atoms with E-state index in [1.807, 2.05) is 0 Å². The summed E-state index contributed by atoms with van der Waals surface area (Å²) < 4.78 is 23.1. The van der Waals surface area contributed by atoms with Crippen molar-refractivity contribution < 1.29 is 28.0 Å². The highest BCUT2D eigenvalue weighted by atomic mass is 32.1. The van der Waals surface area contributed by atoms with Crippen LogP contribution in [-0.2, 0) is 20.7 Å². The molecule has 3 aromatic rings. The van der Waals surface area contributed by atoms with Crippen LogP contribution in [-0.4, -0.2) is 34.0 Å². The number of primary amides is 1. The van der Waals surface area contributed by atoms with Gasteiger partial charge in [-0.2, -0.15) is 4.98 Å². The minimum atomic E-state index is -1.09. The monoisotopic (exact) mass is 432 g/mol. The summed E-state index contributed by atoms with van der Waals surface area (Å²) in [5.74, 6) is -1.81. The Morgan fingerprint density at radius 1 is 1.27 bits per heavy atom. The first kappa shape index (κ1) is 21.1. The molecule has 0 bridgehead atoms. The smallest absolute Gasteiger partial charge is 0.307 e. The van der Waals surface area contributed by atoms with Crippen molar-refractivity contribution in [3.05, 3.63) is 53.0 Å². The third-order valence-electron chi connectivity index (χ3n) is 3.96. The minimum Gasteiger partial charge on any atom is -0.453 e. The van der Waals surface area contributed by atoms with Gasteiger partial charge in [0.25, 0.3) is 11.8 Å². The number of nitrogens with one attached hydrogen (secondary N) is 1. The van der Waals surface area contributed by atoms with Crippen molar-refractivity contribution in [3.63, 3.8) is 0 Å². The fourth-order valence-corrected chi connectivity index (χ4v) is 3.20. The van der Waals surface area contributed by atoms with Gasteiger partial charge in [0.05, 0.1) is 12.0 Å². The number of nitrogens with two attached hydrogens (primary N) is 1. The number of anilines is 1. The van der Waals surface area contributed by atoms with Gasteiger partial charge in [0, 0.05) is 12.0 Å². The van der Waals surface area contributed by atoms with Crippen molar-refractivity contribution in [2.24, 2.45) is 5.73 Å². The first-order valence-corrected chi connectivity index (χ1v) is 9.67. The van der Waals surface area contributed by atoms with Crippen LogP contribution in [0.5, 0.6) is 0 Å². The van der Waals surface area contributed by atoms with Crippen LogP contribution in [0.4, 0.5) is 9.39 Å². The molecule has 2 amide bonds. The van der Waals surface area contributed by atoms with Crippen molar-refractivity contribution in [1.82, 2.24) is 10.1 Å². The van der Waals surface area contributed by atoms with Crippen molar-refractivity contribution in [2.45, 2.75) is 25.9 Å². The lowest BCUT2D eigenvalue weighted by molar-refractivity contribution is -0.153. The molecule has 0 spiro atoms. The number of nitrogens with zero attached hydrogens (tertiary/aromatic N) is 2. The lowest BCUT2D eigenvalue weighted by Crippen LogP contribution is -2.30. The molecular weight excluding hydrogens is 415 g/mol. The number of amides is 2. The summed E-state index contributed by atoms with van der Waals surface area (Å²) in [4.78, 5) is 39.6. The summed E-state index contributed by atoms with van der Waals surface area (Å²) in [7, 11) is 0. The number of esters is 1. The van der Waals surface area contributed by atoms with Crippen LogP contribution in [0.3, 0.4) is 0 Å². The number of rotatable bonds is 8. The van der Waals surface area contributed by atoms with Crippen molar-refractivity contribution in [3.8, 4) is 11.4 Å². The number of carbonyl (C=O) groups excluding carboxylic acids is 3. The van der Waals surface area contributed by atoms with E-state index in [9.17, 15) is 18.8 Å². The van der Waals surface area contributed by atoms with Crippen LogP contribution in [0.1, 0.15) is 29.6 Å². The van der Waals surface area contributed by atoms with E-state index >= 15 is 0 Å². The molecule has 0 saturated heterocycles. The molecule has 1 aromatic carbocycles. The van der Waals surface area contributed by atoms with E-state index in [-0.39, 0.29) is 40.9 Å². The van der Waals surface area contributed by atoms with Gasteiger partial charge in [-0.15, -0.1) is 11.3 Å². The summed E-state index contributed by atoms with van der Waals surface area (Å²) in [6.45, 7) is 1.41. The normalized spacial score (nSPS) is 11.7. The number of hydrogen-bond donors (Lipinski definition) is 2. The first-order chi connectivity index (χ1) is 14.3. The lowest BCUT2D eigenvalue weighted by atomic mass is 10.2. The summed E-state index contributed by atoms with van der Waals surface area (Å²) in [5, 5.41) is 8.19. The largest absolute Gasteiger partial charge is 0.453 e. The second kappa shape index (κ2) is 9.27. The number of benzene rings is 1. The molecule has 30 heavy (non-hydrogen) atoms. The highest BCUT2D eigenvalue weighted by Gasteiger charge is 2.21. The maximum atomic E-state index is 13.0. The molecule has 11 heteroatoms. The maximum Gasteiger partial charge on any atom is 0.307 e. The van der Waals surface area contributed by atoms with Gasteiger partial charge in [0.2, 0.25) is 11.7 Å². The second-order valence-electron chi connectivity index (χ2n) is 6.17. The quantitative estimate of drug-likeness (QED) is 0.522. The van der Waals surface area contributed by atoms with Crippen LogP contribution >= 0.6 is 11.3 Å². The van der Waals surface area contributed by atoms with Crippen molar-refractivity contribution >= 4 is 34.1 Å². The Balaban J connectivity index is 1.49. The van der Waals surface area contributed by atoms with Crippen LogP contribution in [0, 0.1) is 5.82 Å². The number of thiophene rings is 1. The molecule has 0 aliphatic heterocycles. The number of carbonyl (C=O) groups is 3. The van der Waals surface area contributed by atoms with Gasteiger partial charge < -0.3 is 20.3 Å². The predicted octanol–water partition coefficient (Wildman–Crippen LogP) is 2.54. The van der Waals surface area contributed by atoms with E-state index in [2.05, 4.69) is 15.5 Å². The molecule has 0 aliphatic carbocycles. The molecular formula is C19H17FN4O5S. The van der Waals surface area contributed by atoms with Gasteiger partial charge in [-0.25, -0.2) is 4.39 Å². The Labute approximate surface area is 174 Å². The molecule has 3 rings (SSSR count). The Bertz CT molecular complexity index is 1060. The maximum absolute atomic E-state index is 13.0. The summed E-state index contributed by atoms with van der Waals surface area (Å²) >= 11 is 1.13. The molecule has 0 radical (unpaired) electrons. The number of ether oxygens (including phenoxy) is 1. The number of hydrogen-bond acceptors (Lipinski definition) is 8. The molecule has 156 valence electrons. The standard InChI is InChI=1S/C19H17FN4O5S/c1-10(18(27)23-19-13(16(21)26)8-9-30-19)28-15(25)7-6-14-22-17(24-29-14)11-2-4-12(20)5-3-11/h2-5,8-10H,6-7H2,1H3,(H2,21,26)(H,23,27). The molecule has 1 atom stereocenters. The van der Waals surface area contributed by atoms with Gasteiger partial charge in [-0.1, -0.05) is 5.16 Å². The van der Waals surface area contributed by atoms with E-state index in [1.165, 1.54) is 37.3 Å². The van der Waals surface area contributed by atoms with E-state index in [0.29, 0.717) is 5.56 Å². The van der Waals surface area contributed by atoms with E-state index in [1.54, 1.807) is 5.38 Å². The first-order valence-electron chi connectivity index (χ1n) is 8.79. The van der Waals surface area contributed by atoms with Gasteiger partial charge >= 0.3 is 5.97 Å². The van der Waals surface area contributed by atoms with Crippen LogP contribution in [0.2, 0.25) is 0 Å². The Kier molecular flexibility index (Phi) is 6.52. The number of aromatic nitrogens is 2. The Morgan fingerprint density at radius 3 is 2.70 bits per heavy atom. The fraction of sp³-hybridized carbons (Fsp3) is 0.211. The fourth-order valence-electron chi connectivity index (χ4n) is 2.40. The zero-order valence-electron chi connectivity index (χ0n) is 15.8. The molecule has 9 nitrogen and oxygen atoms in total. The van der Waals surface area contributed by atoms with Gasteiger partial charge in [-0.3, -0.25) is 14.4 Å². The van der Waals surface area contributed by atoms with Crippen LogP contribution in [0.15, 0.2) is 40.2 Å². The van der Waals surface area contributed by atoms with Gasteiger partial charge in [0.1, 0.15) is 10.8 Å². The molecule has 0 saturated carbocycles. The second-order valence-corrected chi connectivity index (χ2v) is 7.08. The predicted molar refractivity (Wildman–Crippen MR) is 105 cm³/mol. The molecule has 0 aliphatic rings. The highest BCUT2D eigenvalue weighted by Crippen LogP contribution is 2.23. The van der Waals surface area contributed by atoms with E-state index < -0.39 is 23.9 Å². The number of aryl methyl sites for hydroxylation is 1. The SMILES string of the molecule is CC(OC(=O)CCc1nc(-c2ccc(F)cc2)no1)C(=O)Nc1sccc1C(N)=O. The van der Waals surface area contributed by atoms with E-state index in [0.717, 1.165) is 11.3 Å². The summed E-state index contributed by atoms with van der Waals surface area (Å²) in [5.41, 5.74) is 5.98. The third kappa shape index (κ3) is 5.26. The molecule has 0 fully saturated rings. The minimum absolute atomic E-state index is 0.0891. The zero-order chi connectivity index (χ0) is 21.7. The number of halogens is 1. The average Bonchev–Trinajstić information content (AvgIpc) is 3.36. The van der Waals surface area contributed by atoms with Crippen molar-refractivity contribution in [2.75, 3.05) is 5.32 Å². The van der Waals surface area contributed by atoms with Crippen LogP contribution in [0.25, 0.3) is 11.4 Å².